The standard InChI is InChI=1S/C14H8O5S.Fe/c15-13-8-4-1-2-5-9(8)14(16)12-10(13)6-3-7-11(12)20(17,18)19;/h1-7H,(H,17,18,19);/q;+3/p-1. The molecule has 0 aromatic heterocycles. The van der Waals surface area contributed by atoms with E-state index in [1.807, 2.05) is 0 Å². The molecule has 1 aliphatic rings. The van der Waals surface area contributed by atoms with Gasteiger partial charge in [0.05, 0.1) is 10.5 Å². The van der Waals surface area contributed by atoms with Gasteiger partial charge < -0.3 is 4.55 Å². The predicted octanol–water partition coefficient (Wildman–Crippen LogP) is 1.36. The van der Waals surface area contributed by atoms with Crippen LogP contribution in [0.4, 0.5) is 0 Å². The summed E-state index contributed by atoms with van der Waals surface area (Å²) >= 11 is 0. The minimum atomic E-state index is -4.83. The molecule has 0 heterocycles. The van der Waals surface area contributed by atoms with Gasteiger partial charge in [0.15, 0.2) is 11.6 Å². The first-order valence-corrected chi connectivity index (χ1v) is 7.09. The molecule has 7 heteroatoms. The fourth-order valence-electron chi connectivity index (χ4n) is 2.32. The first-order chi connectivity index (χ1) is 9.41. The van der Waals surface area contributed by atoms with E-state index in [0.717, 1.165) is 6.07 Å². The molecular formula is C14H7FeO5S+2. The largest absolute Gasteiger partial charge is 3.00 e. The maximum atomic E-state index is 12.4. The zero-order valence-electron chi connectivity index (χ0n) is 10.3. The van der Waals surface area contributed by atoms with Crippen molar-refractivity contribution in [3.05, 3.63) is 64.7 Å². The van der Waals surface area contributed by atoms with Gasteiger partial charge in [-0.15, -0.1) is 0 Å². The van der Waals surface area contributed by atoms with Crippen molar-refractivity contribution in [3.8, 4) is 0 Å². The quantitative estimate of drug-likeness (QED) is 0.492. The number of carbonyl (C=O) groups is 2. The molecule has 105 valence electrons. The summed E-state index contributed by atoms with van der Waals surface area (Å²) in [7, 11) is -4.83. The Morgan fingerprint density at radius 1 is 0.762 bits per heavy atom. The molecule has 2 aromatic carbocycles. The first-order valence-electron chi connectivity index (χ1n) is 5.68. The molecule has 0 aliphatic heterocycles. The summed E-state index contributed by atoms with van der Waals surface area (Å²) in [5.41, 5.74) is -0.0524. The molecule has 0 N–H and O–H groups in total. The van der Waals surface area contributed by atoms with Crippen molar-refractivity contribution in [3.63, 3.8) is 0 Å². The molecule has 0 saturated carbocycles. The van der Waals surface area contributed by atoms with Crippen molar-refractivity contribution >= 4 is 21.7 Å². The van der Waals surface area contributed by atoms with E-state index < -0.39 is 26.6 Å². The van der Waals surface area contributed by atoms with Crippen LogP contribution in [-0.2, 0) is 27.2 Å². The van der Waals surface area contributed by atoms with Crippen molar-refractivity contribution in [2.75, 3.05) is 0 Å². The fraction of sp³-hybridized carbons (Fsp3) is 0. The molecule has 0 amide bonds. The summed E-state index contributed by atoms with van der Waals surface area (Å²) in [6.07, 6.45) is 0. The van der Waals surface area contributed by atoms with Crippen molar-refractivity contribution in [2.24, 2.45) is 0 Å². The zero-order valence-corrected chi connectivity index (χ0v) is 12.3. The molecule has 21 heavy (non-hydrogen) atoms. The maximum Gasteiger partial charge on any atom is 3.00 e. The molecule has 0 bridgehead atoms. The summed E-state index contributed by atoms with van der Waals surface area (Å²) in [6.45, 7) is 0. The number of rotatable bonds is 1. The van der Waals surface area contributed by atoms with E-state index in [-0.39, 0.29) is 39.3 Å². The fourth-order valence-corrected chi connectivity index (χ4v) is 3.02. The third-order valence-corrected chi connectivity index (χ3v) is 4.06. The van der Waals surface area contributed by atoms with Gasteiger partial charge in [0, 0.05) is 16.7 Å². The maximum absolute atomic E-state index is 12.4. The summed E-state index contributed by atoms with van der Waals surface area (Å²) < 4.78 is 33.7. The van der Waals surface area contributed by atoms with Crippen LogP contribution in [0.25, 0.3) is 0 Å². The van der Waals surface area contributed by atoms with Gasteiger partial charge in [-0.2, -0.15) is 0 Å². The smallest absolute Gasteiger partial charge is 0.744 e. The molecule has 1 aliphatic carbocycles. The van der Waals surface area contributed by atoms with Gasteiger partial charge in [0.25, 0.3) is 0 Å². The summed E-state index contributed by atoms with van der Waals surface area (Å²) in [4.78, 5) is 24.0. The minimum absolute atomic E-state index is 0. The number of hydrogen-bond acceptors (Lipinski definition) is 5. The molecule has 1 radical (unpaired) electrons. The molecule has 0 unspecified atom stereocenters. The van der Waals surface area contributed by atoms with Gasteiger partial charge >= 0.3 is 17.1 Å². The summed E-state index contributed by atoms with van der Waals surface area (Å²) in [5.74, 6) is -1.08. The monoisotopic (exact) mass is 343 g/mol. The second kappa shape index (κ2) is 5.20. The number of fused-ring (bicyclic) bond motifs is 2. The van der Waals surface area contributed by atoms with Crippen molar-refractivity contribution in [1.29, 1.82) is 0 Å². The van der Waals surface area contributed by atoms with Crippen LogP contribution in [0.1, 0.15) is 31.8 Å². The number of benzene rings is 2. The number of hydrogen-bond donors (Lipinski definition) is 0. The van der Waals surface area contributed by atoms with Crippen LogP contribution in [0.5, 0.6) is 0 Å². The second-order valence-electron chi connectivity index (χ2n) is 4.34. The Morgan fingerprint density at radius 2 is 1.29 bits per heavy atom. The number of carbonyl (C=O) groups excluding carboxylic acids is 2. The topological polar surface area (TPSA) is 91.3 Å². The third kappa shape index (κ3) is 2.34. The normalized spacial score (nSPS) is 13.2. The summed E-state index contributed by atoms with van der Waals surface area (Å²) in [5, 5.41) is 0. The van der Waals surface area contributed by atoms with E-state index in [0.29, 0.717) is 0 Å². The van der Waals surface area contributed by atoms with Crippen molar-refractivity contribution in [1.82, 2.24) is 0 Å². The van der Waals surface area contributed by atoms with Crippen LogP contribution >= 0.6 is 0 Å². The SMILES string of the molecule is O=C1c2ccccc2C(=O)c2c1cccc2S(=O)(=O)[O-].[Fe+3]. The molecule has 5 nitrogen and oxygen atoms in total. The van der Waals surface area contributed by atoms with Crippen LogP contribution in [0, 0.1) is 0 Å². The Hall–Kier alpha value is -1.79. The Kier molecular flexibility index (Phi) is 3.86. The molecule has 0 spiro atoms. The Morgan fingerprint density at radius 3 is 1.86 bits per heavy atom. The van der Waals surface area contributed by atoms with Crippen LogP contribution in [0.3, 0.4) is 0 Å². The van der Waals surface area contributed by atoms with Gasteiger partial charge in [-0.25, -0.2) is 8.42 Å². The molecule has 0 saturated heterocycles. The van der Waals surface area contributed by atoms with Gasteiger partial charge in [-0.1, -0.05) is 36.4 Å². The second-order valence-corrected chi connectivity index (χ2v) is 5.68. The van der Waals surface area contributed by atoms with E-state index in [4.69, 9.17) is 0 Å². The van der Waals surface area contributed by atoms with Crippen LogP contribution in [0.2, 0.25) is 0 Å². The zero-order chi connectivity index (χ0) is 14.5. The third-order valence-electron chi connectivity index (χ3n) is 3.18. The average molecular weight is 343 g/mol. The van der Waals surface area contributed by atoms with Gasteiger partial charge in [-0.05, 0) is 6.07 Å². The molecule has 0 atom stereocenters. The minimum Gasteiger partial charge on any atom is -0.744 e. The van der Waals surface area contributed by atoms with E-state index in [9.17, 15) is 22.6 Å². The molecule has 2 aromatic rings. The van der Waals surface area contributed by atoms with E-state index >= 15 is 0 Å². The van der Waals surface area contributed by atoms with E-state index in [1.165, 1.54) is 24.3 Å². The van der Waals surface area contributed by atoms with Crippen LogP contribution in [0.15, 0.2) is 47.4 Å². The number of ketones is 2. The molecular weight excluding hydrogens is 336 g/mol. The Bertz CT molecular complexity index is 871. The van der Waals surface area contributed by atoms with E-state index in [1.54, 1.807) is 12.1 Å². The van der Waals surface area contributed by atoms with Crippen LogP contribution < -0.4 is 0 Å². The van der Waals surface area contributed by atoms with Crippen molar-refractivity contribution in [2.45, 2.75) is 4.90 Å². The van der Waals surface area contributed by atoms with Gasteiger partial charge in [-0.3, -0.25) is 9.59 Å². The van der Waals surface area contributed by atoms with Crippen molar-refractivity contribution < 1.29 is 39.6 Å². The Balaban J connectivity index is 0.00000161. The summed E-state index contributed by atoms with van der Waals surface area (Å²) in [6, 6.07) is 9.79. The predicted molar refractivity (Wildman–Crippen MR) is 67.7 cm³/mol. The molecule has 0 fully saturated rings. The first kappa shape index (κ1) is 15.6. The van der Waals surface area contributed by atoms with Gasteiger partial charge in [0.1, 0.15) is 10.1 Å². The van der Waals surface area contributed by atoms with Crippen LogP contribution in [-0.4, -0.2) is 24.5 Å². The van der Waals surface area contributed by atoms with E-state index in [2.05, 4.69) is 0 Å². The average Bonchev–Trinajstić information content (AvgIpc) is 2.43. The molecule has 3 rings (SSSR count). The Labute approximate surface area is 131 Å². The van der Waals surface area contributed by atoms with Gasteiger partial charge in [0.2, 0.25) is 0 Å².